The number of rotatable bonds is 10. The molecule has 0 bridgehead atoms. The lowest BCUT2D eigenvalue weighted by molar-refractivity contribution is -0.170. The number of nitrogens with zero attached hydrogens (tertiary/aromatic N) is 1. The second-order valence-corrected chi connectivity index (χ2v) is 9.61. The summed E-state index contributed by atoms with van der Waals surface area (Å²) in [6.07, 6.45) is -1.22. The maximum atomic E-state index is 12.5. The third kappa shape index (κ3) is 5.68. The minimum Gasteiger partial charge on any atom is -0.493 e. The molecule has 2 aliphatic heterocycles. The Morgan fingerprint density at radius 3 is 2.47 bits per heavy atom. The Morgan fingerprint density at radius 2 is 1.82 bits per heavy atom. The third-order valence-electron chi connectivity index (χ3n) is 7.17. The van der Waals surface area contributed by atoms with E-state index in [1.807, 2.05) is 72.8 Å². The molecule has 200 valence electrons. The van der Waals surface area contributed by atoms with Gasteiger partial charge in [0.05, 0.1) is 19.8 Å². The number of aliphatic hydroxyl groups is 1. The lowest BCUT2D eigenvalue weighted by atomic mass is 9.91. The second kappa shape index (κ2) is 12.0. The lowest BCUT2D eigenvalue weighted by Crippen LogP contribution is -2.53. The average molecular weight is 520 g/mol. The molecule has 0 spiro atoms. The van der Waals surface area contributed by atoms with Crippen LogP contribution in [0.3, 0.4) is 0 Å². The van der Waals surface area contributed by atoms with Gasteiger partial charge in [-0.2, -0.15) is 0 Å². The molecule has 0 radical (unpaired) electrons. The molecule has 3 aromatic carbocycles. The number of hydrogen-bond donors (Lipinski definition) is 2. The van der Waals surface area contributed by atoms with Gasteiger partial charge in [0, 0.05) is 25.1 Å². The first-order valence-corrected chi connectivity index (χ1v) is 12.9. The van der Waals surface area contributed by atoms with Crippen LogP contribution in [0.5, 0.6) is 11.5 Å². The molecule has 5 rings (SSSR count). The molecule has 2 heterocycles. The van der Waals surface area contributed by atoms with Crippen molar-refractivity contribution in [3.63, 3.8) is 0 Å². The fourth-order valence-corrected chi connectivity index (χ4v) is 5.16. The van der Waals surface area contributed by atoms with Crippen LogP contribution in [0, 0.1) is 0 Å². The highest BCUT2D eigenvalue weighted by Gasteiger charge is 2.41. The molecule has 1 fully saturated rings. The van der Waals surface area contributed by atoms with Gasteiger partial charge in [0.15, 0.2) is 11.5 Å². The molecular formula is C30H33NO7. The van der Waals surface area contributed by atoms with Gasteiger partial charge in [0.2, 0.25) is 0 Å². The molecule has 0 aromatic heterocycles. The van der Waals surface area contributed by atoms with Crippen molar-refractivity contribution in [2.45, 2.75) is 50.5 Å². The number of aliphatic carboxylic acids is 1. The average Bonchev–Trinajstić information content (AvgIpc) is 3.48. The summed E-state index contributed by atoms with van der Waals surface area (Å²) < 4.78 is 23.6. The van der Waals surface area contributed by atoms with E-state index in [0.717, 1.165) is 28.7 Å². The summed E-state index contributed by atoms with van der Waals surface area (Å²) in [5.74, 6) is 0.0558. The Morgan fingerprint density at radius 1 is 1.08 bits per heavy atom. The van der Waals surface area contributed by atoms with Gasteiger partial charge in [-0.05, 0) is 29.2 Å². The van der Waals surface area contributed by atoms with Crippen molar-refractivity contribution in [1.29, 1.82) is 0 Å². The highest BCUT2D eigenvalue weighted by atomic mass is 16.6. The Bertz CT molecular complexity index is 1210. The van der Waals surface area contributed by atoms with Gasteiger partial charge in [-0.1, -0.05) is 66.7 Å². The summed E-state index contributed by atoms with van der Waals surface area (Å²) in [7, 11) is 1.57. The molecule has 38 heavy (non-hydrogen) atoms. The number of aliphatic hydroxyl groups excluding tert-OH is 1. The summed E-state index contributed by atoms with van der Waals surface area (Å²) in [6, 6.07) is 21.9. The summed E-state index contributed by atoms with van der Waals surface area (Å²) in [6.45, 7) is 1.59. The molecule has 3 aromatic rings. The van der Waals surface area contributed by atoms with Crippen molar-refractivity contribution in [3.8, 4) is 11.5 Å². The zero-order chi connectivity index (χ0) is 26.5. The maximum Gasteiger partial charge on any atom is 0.321 e. The van der Waals surface area contributed by atoms with Crippen LogP contribution < -0.4 is 9.47 Å². The molecule has 2 N–H and O–H groups in total. The van der Waals surface area contributed by atoms with Gasteiger partial charge in [-0.3, -0.25) is 9.69 Å². The number of fused-ring (bicyclic) bond motifs is 1. The first-order chi connectivity index (χ1) is 18.5. The van der Waals surface area contributed by atoms with Gasteiger partial charge in [0.1, 0.15) is 25.0 Å². The van der Waals surface area contributed by atoms with Crippen molar-refractivity contribution < 1.29 is 34.0 Å². The van der Waals surface area contributed by atoms with Crippen LogP contribution in [-0.4, -0.2) is 59.8 Å². The SMILES string of the molecule is COc1ccc2c(c1OCc1ccccc1)C[C@H](C(=O)O)N(C(O)[C@H](O[C@@H]1CCOC1)c1ccccc1)C2. The molecule has 4 atom stereocenters. The second-order valence-electron chi connectivity index (χ2n) is 9.61. The molecule has 8 heteroatoms. The van der Waals surface area contributed by atoms with Crippen molar-refractivity contribution in [2.24, 2.45) is 0 Å². The summed E-state index contributed by atoms with van der Waals surface area (Å²) in [4.78, 5) is 14.1. The minimum atomic E-state index is -1.19. The van der Waals surface area contributed by atoms with E-state index >= 15 is 0 Å². The molecule has 0 amide bonds. The summed E-state index contributed by atoms with van der Waals surface area (Å²) in [5, 5.41) is 21.9. The zero-order valence-corrected chi connectivity index (χ0v) is 21.4. The Hall–Kier alpha value is -3.43. The van der Waals surface area contributed by atoms with Gasteiger partial charge in [-0.25, -0.2) is 0 Å². The van der Waals surface area contributed by atoms with Gasteiger partial charge < -0.3 is 29.2 Å². The van der Waals surface area contributed by atoms with E-state index in [1.54, 1.807) is 12.0 Å². The normalized spacial score (nSPS) is 20.9. The van der Waals surface area contributed by atoms with Crippen molar-refractivity contribution in [1.82, 2.24) is 4.90 Å². The van der Waals surface area contributed by atoms with Crippen LogP contribution in [0.25, 0.3) is 0 Å². The van der Waals surface area contributed by atoms with Crippen LogP contribution in [0.2, 0.25) is 0 Å². The monoisotopic (exact) mass is 519 g/mol. The highest BCUT2D eigenvalue weighted by molar-refractivity contribution is 5.75. The van der Waals surface area contributed by atoms with Crippen LogP contribution >= 0.6 is 0 Å². The Labute approximate surface area is 222 Å². The predicted molar refractivity (Wildman–Crippen MR) is 140 cm³/mol. The van der Waals surface area contributed by atoms with E-state index in [1.165, 1.54) is 0 Å². The fraction of sp³-hybridized carbons (Fsp3) is 0.367. The Balaban J connectivity index is 1.45. The number of ether oxygens (including phenoxy) is 4. The summed E-state index contributed by atoms with van der Waals surface area (Å²) >= 11 is 0. The number of carbonyl (C=O) groups is 1. The highest BCUT2D eigenvalue weighted by Crippen LogP contribution is 2.40. The molecule has 2 aliphatic rings. The fourth-order valence-electron chi connectivity index (χ4n) is 5.16. The first-order valence-electron chi connectivity index (χ1n) is 12.9. The quantitative estimate of drug-likeness (QED) is 0.416. The number of methoxy groups -OCH3 is 1. The lowest BCUT2D eigenvalue weighted by Gasteiger charge is -2.41. The van der Waals surface area contributed by atoms with E-state index in [9.17, 15) is 15.0 Å². The Kier molecular flexibility index (Phi) is 8.24. The molecule has 0 saturated carbocycles. The number of hydrogen-bond acceptors (Lipinski definition) is 7. The molecular weight excluding hydrogens is 486 g/mol. The van der Waals surface area contributed by atoms with Crippen LogP contribution in [0.15, 0.2) is 72.8 Å². The first kappa shape index (κ1) is 26.2. The van der Waals surface area contributed by atoms with Crippen molar-refractivity contribution >= 4 is 5.97 Å². The zero-order valence-electron chi connectivity index (χ0n) is 21.4. The van der Waals surface area contributed by atoms with Crippen molar-refractivity contribution in [3.05, 3.63) is 95.1 Å². The van der Waals surface area contributed by atoms with Gasteiger partial charge in [0.25, 0.3) is 0 Å². The molecule has 1 saturated heterocycles. The maximum absolute atomic E-state index is 12.5. The largest absolute Gasteiger partial charge is 0.493 e. The minimum absolute atomic E-state index is 0.150. The predicted octanol–water partition coefficient (Wildman–Crippen LogP) is 3.95. The third-order valence-corrected chi connectivity index (χ3v) is 7.17. The van der Waals surface area contributed by atoms with E-state index in [2.05, 4.69) is 0 Å². The summed E-state index contributed by atoms with van der Waals surface area (Å²) in [5.41, 5.74) is 3.43. The van der Waals surface area contributed by atoms with E-state index in [4.69, 9.17) is 18.9 Å². The topological polar surface area (TPSA) is 97.7 Å². The molecule has 8 nitrogen and oxygen atoms in total. The van der Waals surface area contributed by atoms with Gasteiger partial charge in [-0.15, -0.1) is 0 Å². The van der Waals surface area contributed by atoms with E-state index in [-0.39, 0.29) is 19.1 Å². The van der Waals surface area contributed by atoms with Crippen LogP contribution in [-0.2, 0) is 33.8 Å². The number of carboxylic acids is 1. The molecule has 1 unspecified atom stereocenters. The number of benzene rings is 3. The van der Waals surface area contributed by atoms with Crippen molar-refractivity contribution in [2.75, 3.05) is 20.3 Å². The smallest absolute Gasteiger partial charge is 0.321 e. The van der Waals surface area contributed by atoms with Gasteiger partial charge >= 0.3 is 5.97 Å². The van der Waals surface area contributed by atoms with E-state index in [0.29, 0.717) is 31.3 Å². The molecule has 0 aliphatic carbocycles. The van der Waals surface area contributed by atoms with E-state index < -0.39 is 24.3 Å². The van der Waals surface area contributed by atoms with Crippen LogP contribution in [0.4, 0.5) is 0 Å². The van der Waals surface area contributed by atoms with Crippen LogP contribution in [0.1, 0.15) is 34.8 Å². The standard InChI is InChI=1S/C30H33NO7/c1-35-26-13-12-22-17-31(29(32)27(21-10-6-3-7-11-21)38-23-14-15-36-19-23)25(30(33)34)16-24(22)28(26)37-18-20-8-4-2-5-9-20/h2-13,23,25,27,29,32H,14-19H2,1H3,(H,33,34)/t23-,25-,27-,29?/m1/s1. The number of carboxylic acid groups (broad SMARTS) is 1.